The number of hydrogen-bond acceptors (Lipinski definition) is 2. The second-order valence-corrected chi connectivity index (χ2v) is 4.92. The lowest BCUT2D eigenvalue weighted by atomic mass is 10.1. The predicted molar refractivity (Wildman–Crippen MR) is 66.6 cm³/mol. The summed E-state index contributed by atoms with van der Waals surface area (Å²) in [4.78, 5) is 26.6. The number of benzene rings is 1. The first kappa shape index (κ1) is 9.88. The van der Waals surface area contributed by atoms with Gasteiger partial charge in [-0.3, -0.25) is 14.2 Å². The number of carbonyl (C=O) groups is 2. The summed E-state index contributed by atoms with van der Waals surface area (Å²) in [7, 11) is 0. The Kier molecular flexibility index (Phi) is 1.77. The predicted octanol–water partition coefficient (Wildman–Crippen LogP) is 1.90. The largest absolute Gasteiger partial charge is 0.325 e. The second kappa shape index (κ2) is 3.22. The molecule has 2 aliphatic heterocycles. The van der Waals surface area contributed by atoms with Gasteiger partial charge in [0, 0.05) is 11.9 Å². The Balaban J connectivity index is 2.04. The number of fused-ring (bicyclic) bond motifs is 4. The molecule has 2 aromatic rings. The van der Waals surface area contributed by atoms with E-state index in [-0.39, 0.29) is 17.9 Å². The van der Waals surface area contributed by atoms with Gasteiger partial charge in [-0.05, 0) is 25.0 Å². The summed E-state index contributed by atoms with van der Waals surface area (Å²) in [5.74, 6) is 0.0385. The van der Waals surface area contributed by atoms with Gasteiger partial charge in [-0.2, -0.15) is 0 Å². The number of hydrogen-bond donors (Lipinski definition) is 0. The first-order chi connectivity index (χ1) is 8.77. The van der Waals surface area contributed by atoms with Crippen LogP contribution in [0.5, 0.6) is 0 Å². The maximum absolute atomic E-state index is 12.5. The topological polar surface area (TPSA) is 42.3 Å². The van der Waals surface area contributed by atoms with Crippen molar-refractivity contribution in [2.24, 2.45) is 0 Å². The third-order valence-corrected chi connectivity index (χ3v) is 3.95. The summed E-state index contributed by atoms with van der Waals surface area (Å²) in [6, 6.07) is 9.23. The molecule has 90 valence electrons. The molecule has 1 fully saturated rings. The van der Waals surface area contributed by atoms with E-state index >= 15 is 0 Å². The van der Waals surface area contributed by atoms with E-state index < -0.39 is 0 Å². The van der Waals surface area contributed by atoms with Crippen LogP contribution >= 0.6 is 0 Å². The van der Waals surface area contributed by atoms with Crippen LogP contribution in [0.25, 0.3) is 10.9 Å². The van der Waals surface area contributed by atoms with Crippen LogP contribution in [0, 0.1) is 0 Å². The summed E-state index contributed by atoms with van der Waals surface area (Å²) in [6.07, 6.45) is 1.71. The third kappa shape index (κ3) is 1.05. The molecule has 0 radical (unpaired) electrons. The minimum atomic E-state index is -0.249. The van der Waals surface area contributed by atoms with Gasteiger partial charge in [0.1, 0.15) is 11.7 Å². The molecule has 3 heterocycles. The molecule has 1 saturated heterocycles. The van der Waals surface area contributed by atoms with Gasteiger partial charge < -0.3 is 4.90 Å². The number of aromatic nitrogens is 1. The molecule has 0 unspecified atom stereocenters. The zero-order valence-electron chi connectivity index (χ0n) is 9.80. The lowest BCUT2D eigenvalue weighted by molar-refractivity contribution is 0.0573. The number of para-hydroxylation sites is 1. The fourth-order valence-electron chi connectivity index (χ4n) is 3.11. The van der Waals surface area contributed by atoms with Gasteiger partial charge in [-0.1, -0.05) is 18.2 Å². The molecular formula is C14H12N2O2. The van der Waals surface area contributed by atoms with Gasteiger partial charge in [-0.15, -0.1) is 0 Å². The number of rotatable bonds is 0. The first-order valence-corrected chi connectivity index (χ1v) is 6.23. The van der Waals surface area contributed by atoms with Gasteiger partial charge >= 0.3 is 0 Å². The van der Waals surface area contributed by atoms with Crippen molar-refractivity contribution in [3.05, 3.63) is 36.0 Å². The Bertz CT molecular complexity index is 686. The molecular weight excluding hydrogens is 228 g/mol. The van der Waals surface area contributed by atoms with Crippen LogP contribution in [0.4, 0.5) is 0 Å². The molecule has 2 aliphatic rings. The Morgan fingerprint density at radius 3 is 2.89 bits per heavy atom. The Morgan fingerprint density at radius 2 is 2.00 bits per heavy atom. The van der Waals surface area contributed by atoms with E-state index in [0.29, 0.717) is 12.2 Å². The minimum absolute atomic E-state index is 0.00620. The van der Waals surface area contributed by atoms with Crippen LogP contribution in [0.2, 0.25) is 0 Å². The van der Waals surface area contributed by atoms with Gasteiger partial charge in [0.25, 0.3) is 11.8 Å². The Hall–Kier alpha value is -2.10. The highest BCUT2D eigenvalue weighted by Gasteiger charge is 2.42. The molecule has 0 spiro atoms. The van der Waals surface area contributed by atoms with Crippen molar-refractivity contribution in [3.63, 3.8) is 0 Å². The highest BCUT2D eigenvalue weighted by atomic mass is 16.2. The molecule has 0 saturated carbocycles. The zero-order valence-corrected chi connectivity index (χ0v) is 9.80. The average Bonchev–Trinajstić information content (AvgIpc) is 3.00. The summed E-state index contributed by atoms with van der Waals surface area (Å²) in [5, 5.41) is 0.954. The second-order valence-electron chi connectivity index (χ2n) is 4.92. The molecule has 18 heavy (non-hydrogen) atoms. The SMILES string of the molecule is O=C1c2cc3ccccc3n2C(=O)[C@@H]2CCCN12. The molecule has 1 atom stereocenters. The fourth-order valence-corrected chi connectivity index (χ4v) is 3.11. The zero-order chi connectivity index (χ0) is 12.3. The molecule has 0 aliphatic carbocycles. The summed E-state index contributed by atoms with van der Waals surface area (Å²) < 4.78 is 1.60. The van der Waals surface area contributed by atoms with Crippen molar-refractivity contribution in [2.75, 3.05) is 6.54 Å². The van der Waals surface area contributed by atoms with Crippen molar-refractivity contribution in [3.8, 4) is 0 Å². The van der Waals surface area contributed by atoms with E-state index in [1.54, 1.807) is 9.47 Å². The normalized spacial score (nSPS) is 22.4. The first-order valence-electron chi connectivity index (χ1n) is 6.23. The smallest absolute Gasteiger partial charge is 0.271 e. The van der Waals surface area contributed by atoms with Crippen LogP contribution in [-0.2, 0) is 0 Å². The van der Waals surface area contributed by atoms with Crippen LogP contribution in [0.15, 0.2) is 30.3 Å². The maximum atomic E-state index is 12.5. The molecule has 1 aromatic carbocycles. The third-order valence-electron chi connectivity index (χ3n) is 3.95. The van der Waals surface area contributed by atoms with E-state index in [1.807, 2.05) is 30.3 Å². The van der Waals surface area contributed by atoms with E-state index in [0.717, 1.165) is 23.7 Å². The molecule has 4 rings (SSSR count). The number of carbonyl (C=O) groups excluding carboxylic acids is 2. The van der Waals surface area contributed by atoms with Crippen molar-refractivity contribution < 1.29 is 9.59 Å². The van der Waals surface area contributed by atoms with Gasteiger partial charge in [0.15, 0.2) is 0 Å². The van der Waals surface area contributed by atoms with E-state index in [2.05, 4.69) is 0 Å². The van der Waals surface area contributed by atoms with E-state index in [4.69, 9.17) is 0 Å². The van der Waals surface area contributed by atoms with Crippen molar-refractivity contribution in [2.45, 2.75) is 18.9 Å². The van der Waals surface area contributed by atoms with Gasteiger partial charge in [-0.25, -0.2) is 0 Å². The Labute approximate surface area is 104 Å². The molecule has 4 heteroatoms. The molecule has 1 amide bonds. The monoisotopic (exact) mass is 240 g/mol. The van der Waals surface area contributed by atoms with Crippen molar-refractivity contribution in [1.29, 1.82) is 0 Å². The van der Waals surface area contributed by atoms with Gasteiger partial charge in [0.05, 0.1) is 5.52 Å². The Morgan fingerprint density at radius 1 is 1.17 bits per heavy atom. The maximum Gasteiger partial charge on any atom is 0.271 e. The summed E-state index contributed by atoms with van der Waals surface area (Å²) >= 11 is 0. The van der Waals surface area contributed by atoms with Crippen LogP contribution in [-0.4, -0.2) is 33.9 Å². The van der Waals surface area contributed by atoms with E-state index in [9.17, 15) is 9.59 Å². The molecule has 0 N–H and O–H groups in total. The van der Waals surface area contributed by atoms with Crippen LogP contribution in [0.3, 0.4) is 0 Å². The molecule has 4 nitrogen and oxygen atoms in total. The van der Waals surface area contributed by atoms with Crippen molar-refractivity contribution >= 4 is 22.7 Å². The number of nitrogens with zero attached hydrogens (tertiary/aromatic N) is 2. The summed E-state index contributed by atoms with van der Waals surface area (Å²) in [5.41, 5.74) is 1.36. The quantitative estimate of drug-likeness (QED) is 0.705. The molecule has 0 bridgehead atoms. The van der Waals surface area contributed by atoms with Crippen molar-refractivity contribution in [1.82, 2.24) is 9.47 Å². The fraction of sp³-hybridized carbons (Fsp3) is 0.286. The lowest BCUT2D eigenvalue weighted by Crippen LogP contribution is -2.48. The average molecular weight is 240 g/mol. The molecule has 1 aromatic heterocycles. The number of amides is 1. The minimum Gasteiger partial charge on any atom is -0.325 e. The van der Waals surface area contributed by atoms with E-state index in [1.165, 1.54) is 0 Å². The summed E-state index contributed by atoms with van der Waals surface area (Å²) in [6.45, 7) is 0.705. The van der Waals surface area contributed by atoms with Crippen LogP contribution < -0.4 is 0 Å². The standard InChI is InChI=1S/C14H12N2O2/c17-13-12-8-9-4-1-2-5-10(9)16(12)14(18)11-6-3-7-15(11)13/h1-2,4-5,8,11H,3,6-7H2/t11-/m0/s1. The highest BCUT2D eigenvalue weighted by molar-refractivity contribution is 6.10. The lowest BCUT2D eigenvalue weighted by Gasteiger charge is -2.29. The van der Waals surface area contributed by atoms with Gasteiger partial charge in [0.2, 0.25) is 0 Å². The highest BCUT2D eigenvalue weighted by Crippen LogP contribution is 2.30. The van der Waals surface area contributed by atoms with Crippen LogP contribution in [0.1, 0.15) is 28.1 Å².